The number of ether oxygens (including phenoxy) is 1. The first-order chi connectivity index (χ1) is 17.8. The molecule has 0 saturated carbocycles. The Balaban J connectivity index is 1.66. The number of nitrogens with zero attached hydrogens (tertiary/aromatic N) is 2. The van der Waals surface area contributed by atoms with Gasteiger partial charge in [0.2, 0.25) is 12.3 Å². The highest BCUT2D eigenvalue weighted by atomic mass is 35.5. The van der Waals surface area contributed by atoms with Crippen LogP contribution >= 0.6 is 11.6 Å². The van der Waals surface area contributed by atoms with Crippen molar-refractivity contribution in [2.45, 2.75) is 32.4 Å². The lowest BCUT2D eigenvalue weighted by molar-refractivity contribution is -0.136. The molecule has 0 fully saturated rings. The molecule has 1 aromatic heterocycles. The van der Waals surface area contributed by atoms with Crippen LogP contribution in [0, 0.1) is 11.6 Å². The van der Waals surface area contributed by atoms with Crippen LogP contribution in [0.1, 0.15) is 25.3 Å². The van der Waals surface area contributed by atoms with E-state index >= 15 is 0 Å². The third-order valence-electron chi connectivity index (χ3n) is 5.44. The van der Waals surface area contributed by atoms with E-state index in [1.54, 1.807) is 12.1 Å². The molecule has 3 rings (SSSR count). The standard InChI is InChI=1S/C25H26ClF2N5O4/c1-16(35)33(31-13-18-4-2-6-22(28)24(18)26)21(5-3-9-29-15-34)14-37-25(36)32-23-11-19-10-20(27)8-7-17(19)12-30-23/h2,4,6-8,10-12,15,21,31H,3,5,9,13-14H2,1H3,(H,29,34)(H,30,32,36)/t21-/m0/s1. The molecule has 0 spiro atoms. The van der Waals surface area contributed by atoms with Gasteiger partial charge < -0.3 is 10.1 Å². The topological polar surface area (TPSA) is 113 Å². The van der Waals surface area contributed by atoms with Crippen LogP contribution in [0.15, 0.2) is 48.7 Å². The molecule has 0 aliphatic rings. The summed E-state index contributed by atoms with van der Waals surface area (Å²) in [6.07, 6.45) is 2.08. The first-order valence-electron chi connectivity index (χ1n) is 11.4. The minimum absolute atomic E-state index is 0.0447. The molecule has 0 aliphatic carbocycles. The smallest absolute Gasteiger partial charge is 0.412 e. The van der Waals surface area contributed by atoms with E-state index in [1.807, 2.05) is 0 Å². The Labute approximate surface area is 217 Å². The molecule has 0 saturated heterocycles. The summed E-state index contributed by atoms with van der Waals surface area (Å²) in [7, 11) is 0. The highest BCUT2D eigenvalue weighted by Gasteiger charge is 2.23. The lowest BCUT2D eigenvalue weighted by atomic mass is 10.1. The summed E-state index contributed by atoms with van der Waals surface area (Å²) in [5, 5.41) is 7.50. The number of rotatable bonds is 12. The van der Waals surface area contributed by atoms with Gasteiger partial charge in [0.15, 0.2) is 0 Å². The van der Waals surface area contributed by atoms with Gasteiger partial charge in [0.25, 0.3) is 0 Å². The zero-order valence-electron chi connectivity index (χ0n) is 20.0. The van der Waals surface area contributed by atoms with Crippen molar-refractivity contribution >= 4 is 46.6 Å². The molecule has 196 valence electrons. The fourth-order valence-corrected chi connectivity index (χ4v) is 3.82. The SMILES string of the molecule is CC(=O)N(NCc1cccc(F)c1Cl)[C@@H](CCCNC=O)COC(=O)Nc1cc2cc(F)ccc2cn1. The highest BCUT2D eigenvalue weighted by molar-refractivity contribution is 6.31. The Morgan fingerprint density at radius 1 is 1.19 bits per heavy atom. The van der Waals surface area contributed by atoms with Crippen molar-refractivity contribution < 1.29 is 27.9 Å². The van der Waals surface area contributed by atoms with Gasteiger partial charge in [-0.1, -0.05) is 23.7 Å². The molecule has 0 bridgehead atoms. The summed E-state index contributed by atoms with van der Waals surface area (Å²) in [5.41, 5.74) is 3.36. The number of halogens is 3. The van der Waals surface area contributed by atoms with E-state index in [1.165, 1.54) is 48.5 Å². The van der Waals surface area contributed by atoms with Gasteiger partial charge >= 0.3 is 6.09 Å². The van der Waals surface area contributed by atoms with Gasteiger partial charge in [-0.25, -0.2) is 24.0 Å². The summed E-state index contributed by atoms with van der Waals surface area (Å²) >= 11 is 6.01. The molecule has 0 radical (unpaired) electrons. The maximum atomic E-state index is 13.8. The molecule has 3 aromatic rings. The van der Waals surface area contributed by atoms with Gasteiger partial charge in [-0.3, -0.25) is 19.9 Å². The maximum absolute atomic E-state index is 13.8. The Bertz CT molecular complexity index is 1260. The number of benzene rings is 2. The second kappa shape index (κ2) is 13.5. The van der Waals surface area contributed by atoms with E-state index in [0.717, 1.165) is 0 Å². The third kappa shape index (κ3) is 8.09. The number of hydrogen-bond acceptors (Lipinski definition) is 6. The number of pyridine rings is 1. The van der Waals surface area contributed by atoms with Crippen LogP contribution in [0.5, 0.6) is 0 Å². The zero-order valence-corrected chi connectivity index (χ0v) is 20.7. The molecule has 12 heteroatoms. The molecule has 9 nitrogen and oxygen atoms in total. The number of hydrazine groups is 1. The Hall–Kier alpha value is -3.83. The van der Waals surface area contributed by atoms with Gasteiger partial charge in [0.1, 0.15) is 24.1 Å². The van der Waals surface area contributed by atoms with E-state index in [9.17, 15) is 23.2 Å². The minimum atomic E-state index is -0.823. The number of fused-ring (bicyclic) bond motifs is 1. The van der Waals surface area contributed by atoms with Crippen LogP contribution in [0.2, 0.25) is 5.02 Å². The number of anilines is 1. The number of amides is 3. The summed E-state index contributed by atoms with van der Waals surface area (Å²) in [6, 6.07) is 9.44. The second-order valence-corrected chi connectivity index (χ2v) is 8.47. The van der Waals surface area contributed by atoms with E-state index in [0.29, 0.717) is 42.1 Å². The van der Waals surface area contributed by atoms with Crippen molar-refractivity contribution in [2.24, 2.45) is 0 Å². The van der Waals surface area contributed by atoms with Gasteiger partial charge in [-0.05, 0) is 54.1 Å². The molecule has 2 aromatic carbocycles. The predicted molar refractivity (Wildman–Crippen MR) is 135 cm³/mol. The fourth-order valence-electron chi connectivity index (χ4n) is 3.63. The monoisotopic (exact) mass is 533 g/mol. The lowest BCUT2D eigenvalue weighted by Crippen LogP contribution is -2.50. The molecular weight excluding hydrogens is 508 g/mol. The summed E-state index contributed by atoms with van der Waals surface area (Å²) in [5.74, 6) is -1.22. The van der Waals surface area contributed by atoms with E-state index < -0.39 is 23.8 Å². The quantitative estimate of drug-likeness (QED) is 0.183. The van der Waals surface area contributed by atoms with Crippen molar-refractivity contribution in [1.82, 2.24) is 20.7 Å². The Morgan fingerprint density at radius 2 is 2.00 bits per heavy atom. The molecule has 0 unspecified atom stereocenters. The number of nitrogens with one attached hydrogen (secondary N) is 3. The third-order valence-corrected chi connectivity index (χ3v) is 5.86. The largest absolute Gasteiger partial charge is 0.447 e. The number of aromatic nitrogens is 1. The molecule has 3 amide bonds. The number of carbonyl (C=O) groups is 3. The van der Waals surface area contributed by atoms with Crippen LogP contribution < -0.4 is 16.1 Å². The Morgan fingerprint density at radius 3 is 2.76 bits per heavy atom. The minimum Gasteiger partial charge on any atom is -0.447 e. The van der Waals surface area contributed by atoms with Gasteiger partial charge in [-0.2, -0.15) is 0 Å². The van der Waals surface area contributed by atoms with Crippen LogP contribution in [0.4, 0.5) is 19.4 Å². The van der Waals surface area contributed by atoms with Crippen LogP contribution in [0.3, 0.4) is 0 Å². The number of hydrogen-bond donors (Lipinski definition) is 3. The highest BCUT2D eigenvalue weighted by Crippen LogP contribution is 2.20. The van der Waals surface area contributed by atoms with E-state index in [4.69, 9.17) is 16.3 Å². The Kier molecular flexibility index (Phi) is 10.1. The van der Waals surface area contributed by atoms with Crippen molar-refractivity contribution in [3.63, 3.8) is 0 Å². The first kappa shape index (κ1) is 27.8. The summed E-state index contributed by atoms with van der Waals surface area (Å²) < 4.78 is 32.7. The fraction of sp³-hybridized carbons (Fsp3) is 0.280. The second-order valence-electron chi connectivity index (χ2n) is 8.09. The average molecular weight is 534 g/mol. The maximum Gasteiger partial charge on any atom is 0.412 e. The average Bonchev–Trinajstić information content (AvgIpc) is 2.86. The van der Waals surface area contributed by atoms with Crippen molar-refractivity contribution in [3.05, 3.63) is 70.9 Å². The van der Waals surface area contributed by atoms with Crippen LogP contribution in [-0.4, -0.2) is 47.6 Å². The zero-order chi connectivity index (χ0) is 26.8. The normalized spacial score (nSPS) is 11.6. The van der Waals surface area contributed by atoms with Gasteiger partial charge in [-0.15, -0.1) is 0 Å². The molecular formula is C25H26ClF2N5O4. The van der Waals surface area contributed by atoms with E-state index in [-0.39, 0.29) is 29.9 Å². The van der Waals surface area contributed by atoms with E-state index in [2.05, 4.69) is 21.0 Å². The molecule has 1 atom stereocenters. The van der Waals surface area contributed by atoms with Crippen molar-refractivity contribution in [1.29, 1.82) is 0 Å². The van der Waals surface area contributed by atoms with Crippen LogP contribution in [-0.2, 0) is 20.9 Å². The number of carbonyl (C=O) groups excluding carboxylic acids is 3. The molecule has 37 heavy (non-hydrogen) atoms. The molecule has 1 heterocycles. The van der Waals surface area contributed by atoms with Crippen molar-refractivity contribution in [2.75, 3.05) is 18.5 Å². The predicted octanol–water partition coefficient (Wildman–Crippen LogP) is 4.16. The van der Waals surface area contributed by atoms with Crippen LogP contribution in [0.25, 0.3) is 10.8 Å². The summed E-state index contributed by atoms with van der Waals surface area (Å²) in [4.78, 5) is 39.6. The lowest BCUT2D eigenvalue weighted by Gasteiger charge is -2.31. The molecule has 3 N–H and O–H groups in total. The summed E-state index contributed by atoms with van der Waals surface area (Å²) in [6.45, 7) is 1.53. The van der Waals surface area contributed by atoms with Crippen molar-refractivity contribution in [3.8, 4) is 0 Å². The van der Waals surface area contributed by atoms with Gasteiger partial charge in [0.05, 0.1) is 11.1 Å². The van der Waals surface area contributed by atoms with Gasteiger partial charge in [0, 0.05) is 31.6 Å². The molecule has 0 aliphatic heterocycles. The first-order valence-corrected chi connectivity index (χ1v) is 11.8.